The number of ether oxygens (including phenoxy) is 2. The fourth-order valence-electron chi connectivity index (χ4n) is 4.67. The van der Waals surface area contributed by atoms with Crippen LogP contribution in [0.5, 0.6) is 5.75 Å². The first-order valence-electron chi connectivity index (χ1n) is 13.3. The number of anilines is 1. The molecule has 1 amide bonds. The van der Waals surface area contributed by atoms with Crippen molar-refractivity contribution in [2.45, 2.75) is 84.2 Å². The second-order valence-electron chi connectivity index (χ2n) is 10.1. The van der Waals surface area contributed by atoms with Gasteiger partial charge in [0.2, 0.25) is 5.91 Å². The standard InChI is InChI=1S/C29H35ClN4O4S2/c1-7-12-34-26(19(6)38-20-13-17(4)25(30)18(5)14-20)32-33-29(34)39-15-23(35)31-27-24(28(36)37-16(2)3)21-10-8-9-11-22(21)40-27/h7,13-14,16,19H,1,8-12,15H2,2-6H3,(H,31,35). The van der Waals surface area contributed by atoms with E-state index in [1.807, 2.05) is 51.3 Å². The lowest BCUT2D eigenvalue weighted by Gasteiger charge is -2.17. The molecule has 2 heterocycles. The number of rotatable bonds is 11. The Kier molecular flexibility index (Phi) is 9.97. The summed E-state index contributed by atoms with van der Waals surface area (Å²) in [6, 6.07) is 3.79. The smallest absolute Gasteiger partial charge is 0.341 e. The van der Waals surface area contributed by atoms with Crippen LogP contribution in [0.4, 0.5) is 5.00 Å². The summed E-state index contributed by atoms with van der Waals surface area (Å²) in [6.07, 6.45) is 4.95. The van der Waals surface area contributed by atoms with Crippen LogP contribution in [0.3, 0.4) is 0 Å². The van der Waals surface area contributed by atoms with Gasteiger partial charge in [-0.3, -0.25) is 9.36 Å². The Bertz CT molecular complexity index is 1390. The number of hydrogen-bond acceptors (Lipinski definition) is 8. The minimum absolute atomic E-state index is 0.0985. The molecule has 0 aliphatic heterocycles. The van der Waals surface area contributed by atoms with Crippen LogP contribution in [0.1, 0.15) is 77.5 Å². The van der Waals surface area contributed by atoms with Crippen LogP contribution in [0.25, 0.3) is 0 Å². The Morgan fingerprint density at radius 2 is 1.90 bits per heavy atom. The molecule has 0 fully saturated rings. The van der Waals surface area contributed by atoms with Gasteiger partial charge >= 0.3 is 5.97 Å². The predicted molar refractivity (Wildman–Crippen MR) is 161 cm³/mol. The summed E-state index contributed by atoms with van der Waals surface area (Å²) in [5.41, 5.74) is 3.39. The van der Waals surface area contributed by atoms with Crippen molar-refractivity contribution in [3.63, 3.8) is 0 Å². The third-order valence-corrected chi connectivity index (χ3v) is 9.22. The summed E-state index contributed by atoms with van der Waals surface area (Å²) in [6.45, 7) is 13.7. The van der Waals surface area contributed by atoms with Crippen molar-refractivity contribution in [3.8, 4) is 5.75 Å². The summed E-state index contributed by atoms with van der Waals surface area (Å²) in [7, 11) is 0. The molecule has 1 aromatic carbocycles. The number of hydrogen-bond donors (Lipinski definition) is 1. The van der Waals surface area contributed by atoms with Crippen molar-refractivity contribution in [2.24, 2.45) is 0 Å². The Balaban J connectivity index is 1.47. The number of nitrogens with one attached hydrogen (secondary N) is 1. The molecule has 8 nitrogen and oxygen atoms in total. The first-order valence-corrected chi connectivity index (χ1v) is 15.5. The molecule has 1 atom stereocenters. The largest absolute Gasteiger partial charge is 0.483 e. The number of esters is 1. The zero-order chi connectivity index (χ0) is 29.0. The maximum Gasteiger partial charge on any atom is 0.341 e. The maximum absolute atomic E-state index is 13.0. The van der Waals surface area contributed by atoms with E-state index in [1.165, 1.54) is 23.1 Å². The van der Waals surface area contributed by atoms with Crippen LogP contribution >= 0.6 is 34.7 Å². The number of fused-ring (bicyclic) bond motifs is 1. The van der Waals surface area contributed by atoms with Crippen molar-refractivity contribution >= 4 is 51.6 Å². The highest BCUT2D eigenvalue weighted by Gasteiger charge is 2.28. The van der Waals surface area contributed by atoms with Gasteiger partial charge in [0.25, 0.3) is 0 Å². The van der Waals surface area contributed by atoms with Crippen LogP contribution in [-0.2, 0) is 28.9 Å². The molecule has 4 rings (SSSR count). The second-order valence-corrected chi connectivity index (χ2v) is 12.5. The van der Waals surface area contributed by atoms with E-state index in [9.17, 15) is 9.59 Å². The number of benzene rings is 1. The zero-order valence-corrected chi connectivity index (χ0v) is 25.9. The summed E-state index contributed by atoms with van der Waals surface area (Å²) in [5.74, 6) is 0.805. The molecular weight excluding hydrogens is 568 g/mol. The topological polar surface area (TPSA) is 95.3 Å². The molecule has 0 saturated carbocycles. The summed E-state index contributed by atoms with van der Waals surface area (Å²) < 4.78 is 13.6. The Morgan fingerprint density at radius 1 is 1.20 bits per heavy atom. The number of thiophene rings is 1. The molecule has 0 spiro atoms. The monoisotopic (exact) mass is 602 g/mol. The van der Waals surface area contributed by atoms with Crippen LogP contribution in [0.15, 0.2) is 29.9 Å². The molecule has 40 heavy (non-hydrogen) atoms. The molecule has 1 N–H and O–H groups in total. The van der Waals surface area contributed by atoms with Gasteiger partial charge in [0.15, 0.2) is 17.1 Å². The number of aromatic nitrogens is 3. The molecule has 214 valence electrons. The molecule has 2 aromatic heterocycles. The van der Waals surface area contributed by atoms with Crippen LogP contribution in [0, 0.1) is 13.8 Å². The van der Waals surface area contributed by atoms with Gasteiger partial charge in [0.1, 0.15) is 10.8 Å². The predicted octanol–water partition coefficient (Wildman–Crippen LogP) is 7.11. The number of carbonyl (C=O) groups excluding carboxylic acids is 2. The first-order chi connectivity index (χ1) is 19.1. The minimum atomic E-state index is -0.400. The molecule has 0 bridgehead atoms. The van der Waals surface area contributed by atoms with Crippen molar-refractivity contribution in [1.82, 2.24) is 14.8 Å². The fraction of sp³-hybridized carbons (Fsp3) is 0.448. The zero-order valence-electron chi connectivity index (χ0n) is 23.5. The van der Waals surface area contributed by atoms with Crippen LogP contribution in [-0.4, -0.2) is 38.5 Å². The highest BCUT2D eigenvalue weighted by atomic mass is 35.5. The molecule has 3 aromatic rings. The quantitative estimate of drug-likeness (QED) is 0.142. The van der Waals surface area contributed by atoms with Crippen LogP contribution < -0.4 is 10.1 Å². The summed E-state index contributed by atoms with van der Waals surface area (Å²) in [4.78, 5) is 27.1. The third-order valence-electron chi connectivity index (χ3n) is 6.45. The third kappa shape index (κ3) is 6.90. The molecule has 1 aliphatic carbocycles. The van der Waals surface area contributed by atoms with E-state index >= 15 is 0 Å². The minimum Gasteiger partial charge on any atom is -0.483 e. The lowest BCUT2D eigenvalue weighted by atomic mass is 9.95. The maximum atomic E-state index is 13.0. The van der Waals surface area contributed by atoms with Gasteiger partial charge in [0.05, 0.1) is 17.4 Å². The number of amides is 1. The molecule has 1 unspecified atom stereocenters. The highest BCUT2D eigenvalue weighted by molar-refractivity contribution is 7.99. The number of aryl methyl sites for hydroxylation is 3. The lowest BCUT2D eigenvalue weighted by Crippen LogP contribution is -2.19. The lowest BCUT2D eigenvalue weighted by molar-refractivity contribution is -0.113. The van der Waals surface area contributed by atoms with Gasteiger partial charge in [-0.25, -0.2) is 4.79 Å². The van der Waals surface area contributed by atoms with E-state index in [0.717, 1.165) is 52.3 Å². The van der Waals surface area contributed by atoms with Gasteiger partial charge in [-0.05, 0) is 89.1 Å². The van der Waals surface area contributed by atoms with E-state index in [1.54, 1.807) is 6.08 Å². The van der Waals surface area contributed by atoms with E-state index in [-0.39, 0.29) is 23.7 Å². The van der Waals surface area contributed by atoms with E-state index in [0.29, 0.717) is 33.8 Å². The number of nitrogens with zero attached hydrogens (tertiary/aromatic N) is 3. The molecule has 0 radical (unpaired) electrons. The average Bonchev–Trinajstić information content (AvgIpc) is 3.46. The average molecular weight is 603 g/mol. The fourth-order valence-corrected chi connectivity index (χ4v) is 6.83. The molecular formula is C29H35ClN4O4S2. The van der Waals surface area contributed by atoms with Gasteiger partial charge < -0.3 is 14.8 Å². The van der Waals surface area contributed by atoms with Crippen molar-refractivity contribution < 1.29 is 19.1 Å². The highest BCUT2D eigenvalue weighted by Crippen LogP contribution is 2.39. The Morgan fingerprint density at radius 3 is 2.58 bits per heavy atom. The van der Waals surface area contributed by atoms with Crippen molar-refractivity contribution in [2.75, 3.05) is 11.1 Å². The summed E-state index contributed by atoms with van der Waals surface area (Å²) in [5, 5.41) is 13.5. The Hall–Kier alpha value is -2.82. The van der Waals surface area contributed by atoms with Gasteiger partial charge in [-0.2, -0.15) is 0 Å². The number of carbonyl (C=O) groups is 2. The SMILES string of the molecule is C=CCn1c(SCC(=O)Nc2sc3c(c2C(=O)OC(C)C)CCCC3)nnc1C(C)Oc1cc(C)c(Cl)c(C)c1. The number of thioether (sulfide) groups is 1. The molecule has 11 heteroatoms. The van der Waals surface area contributed by atoms with Crippen LogP contribution in [0.2, 0.25) is 5.02 Å². The van der Waals surface area contributed by atoms with Crippen molar-refractivity contribution in [1.29, 1.82) is 0 Å². The Labute approximate surface area is 248 Å². The van der Waals surface area contributed by atoms with Gasteiger partial charge in [-0.1, -0.05) is 29.4 Å². The van der Waals surface area contributed by atoms with Crippen molar-refractivity contribution in [3.05, 3.63) is 62.8 Å². The van der Waals surface area contributed by atoms with E-state index < -0.39 is 6.10 Å². The van der Waals surface area contributed by atoms with Gasteiger partial charge in [0, 0.05) is 16.4 Å². The number of allylic oxidation sites excluding steroid dienone is 1. The van der Waals surface area contributed by atoms with Gasteiger partial charge in [-0.15, -0.1) is 28.1 Å². The summed E-state index contributed by atoms with van der Waals surface area (Å²) >= 11 is 9.05. The van der Waals surface area contributed by atoms with E-state index in [4.69, 9.17) is 21.1 Å². The second kappa shape index (κ2) is 13.2. The number of halogens is 1. The molecule has 1 aliphatic rings. The first kappa shape index (κ1) is 30.1. The van der Waals surface area contributed by atoms with E-state index in [2.05, 4.69) is 22.1 Å². The normalized spacial score (nSPS) is 13.6. The molecule has 0 saturated heterocycles.